The molecular formula is C14H27NO2. The molecule has 1 fully saturated rings. The third kappa shape index (κ3) is 4.76. The van der Waals surface area contributed by atoms with Crippen molar-refractivity contribution in [3.8, 4) is 0 Å². The normalized spacial score (nSPS) is 23.8. The van der Waals surface area contributed by atoms with E-state index in [9.17, 15) is 4.79 Å². The number of rotatable bonds is 6. The van der Waals surface area contributed by atoms with E-state index in [0.717, 1.165) is 39.0 Å². The quantitative estimate of drug-likeness (QED) is 0.669. The van der Waals surface area contributed by atoms with Gasteiger partial charge in [0.15, 0.2) is 0 Å². The molecule has 17 heavy (non-hydrogen) atoms. The molecule has 0 saturated heterocycles. The van der Waals surface area contributed by atoms with Crippen molar-refractivity contribution in [2.24, 2.45) is 5.92 Å². The molecule has 0 aromatic carbocycles. The van der Waals surface area contributed by atoms with E-state index in [1.54, 1.807) is 7.11 Å². The average Bonchev–Trinajstić information content (AvgIpc) is 2.51. The molecule has 0 heterocycles. The lowest BCUT2D eigenvalue weighted by atomic mass is 9.97. The predicted molar refractivity (Wildman–Crippen MR) is 70.2 cm³/mol. The Morgan fingerprint density at radius 1 is 1.41 bits per heavy atom. The van der Waals surface area contributed by atoms with Crippen molar-refractivity contribution >= 4 is 5.78 Å². The first-order chi connectivity index (χ1) is 8.19. The summed E-state index contributed by atoms with van der Waals surface area (Å²) in [5, 5.41) is 0. The number of hydrogen-bond acceptors (Lipinski definition) is 3. The maximum atomic E-state index is 12.0. The maximum absolute atomic E-state index is 12.0. The Hall–Kier alpha value is -0.410. The highest BCUT2D eigenvalue weighted by Gasteiger charge is 2.24. The van der Waals surface area contributed by atoms with Crippen molar-refractivity contribution in [1.29, 1.82) is 0 Å². The fourth-order valence-corrected chi connectivity index (χ4v) is 2.68. The van der Waals surface area contributed by atoms with Crippen LogP contribution in [0.25, 0.3) is 0 Å². The number of likely N-dealkylation sites (N-methyl/N-ethyl adjacent to an activating group) is 1. The molecule has 0 aromatic heterocycles. The summed E-state index contributed by atoms with van der Waals surface area (Å²) in [7, 11) is 1.74. The molecule has 0 spiro atoms. The van der Waals surface area contributed by atoms with Crippen molar-refractivity contribution in [2.45, 2.75) is 52.0 Å². The van der Waals surface area contributed by atoms with E-state index in [1.807, 2.05) is 0 Å². The number of Topliss-reactive ketones (excluding diaryl/α,β-unsaturated/α-hetero) is 1. The molecule has 1 saturated carbocycles. The van der Waals surface area contributed by atoms with Crippen LogP contribution < -0.4 is 0 Å². The fraction of sp³-hybridized carbons (Fsp3) is 0.929. The zero-order chi connectivity index (χ0) is 12.7. The van der Waals surface area contributed by atoms with Gasteiger partial charge in [0.1, 0.15) is 5.78 Å². The van der Waals surface area contributed by atoms with Gasteiger partial charge in [0, 0.05) is 32.0 Å². The van der Waals surface area contributed by atoms with E-state index in [-0.39, 0.29) is 5.92 Å². The molecule has 0 radical (unpaired) electrons. The molecule has 3 nitrogen and oxygen atoms in total. The second-order valence-corrected chi connectivity index (χ2v) is 5.15. The third-order valence-corrected chi connectivity index (χ3v) is 3.82. The van der Waals surface area contributed by atoms with Crippen LogP contribution in [0.15, 0.2) is 0 Å². The van der Waals surface area contributed by atoms with Crippen LogP contribution in [0.2, 0.25) is 0 Å². The Kier molecular flexibility index (Phi) is 6.75. The molecule has 0 aliphatic heterocycles. The first kappa shape index (κ1) is 14.7. The zero-order valence-electron chi connectivity index (χ0n) is 11.6. The summed E-state index contributed by atoms with van der Waals surface area (Å²) < 4.78 is 5.20. The number of hydrogen-bond donors (Lipinski definition) is 0. The number of ether oxygens (including phenoxy) is 1. The Bertz CT molecular complexity index is 230. The van der Waals surface area contributed by atoms with E-state index in [4.69, 9.17) is 4.74 Å². The van der Waals surface area contributed by atoms with Crippen molar-refractivity contribution < 1.29 is 9.53 Å². The summed E-state index contributed by atoms with van der Waals surface area (Å²) in [6.07, 6.45) is 5.40. The van der Waals surface area contributed by atoms with Crippen molar-refractivity contribution in [1.82, 2.24) is 4.90 Å². The second-order valence-electron chi connectivity index (χ2n) is 5.15. The van der Waals surface area contributed by atoms with Crippen molar-refractivity contribution in [2.75, 3.05) is 26.8 Å². The number of nitrogens with zero attached hydrogens (tertiary/aromatic N) is 1. The Morgan fingerprint density at radius 2 is 2.18 bits per heavy atom. The number of ketones is 1. The monoisotopic (exact) mass is 241 g/mol. The van der Waals surface area contributed by atoms with E-state index < -0.39 is 0 Å². The van der Waals surface area contributed by atoms with Crippen LogP contribution in [0.4, 0.5) is 0 Å². The van der Waals surface area contributed by atoms with Gasteiger partial charge in [-0.05, 0) is 26.3 Å². The molecule has 0 aromatic rings. The summed E-state index contributed by atoms with van der Waals surface area (Å²) in [4.78, 5) is 14.4. The summed E-state index contributed by atoms with van der Waals surface area (Å²) in [6, 6.07) is 0.404. The SMILES string of the molecule is CCN(CC1CCCCCC1=O)C(C)COC. The summed E-state index contributed by atoms with van der Waals surface area (Å²) >= 11 is 0. The highest BCUT2D eigenvalue weighted by atomic mass is 16.5. The molecule has 0 amide bonds. The van der Waals surface area contributed by atoms with Crippen LogP contribution in [0.1, 0.15) is 46.0 Å². The number of carbonyl (C=O) groups is 1. The van der Waals surface area contributed by atoms with Crippen molar-refractivity contribution in [3.05, 3.63) is 0 Å². The van der Waals surface area contributed by atoms with Gasteiger partial charge in [0.05, 0.1) is 6.61 Å². The summed E-state index contributed by atoms with van der Waals surface area (Å²) in [5.41, 5.74) is 0. The van der Waals surface area contributed by atoms with E-state index in [0.29, 0.717) is 11.8 Å². The minimum Gasteiger partial charge on any atom is -0.383 e. The maximum Gasteiger partial charge on any atom is 0.137 e. The van der Waals surface area contributed by atoms with Crippen LogP contribution in [-0.4, -0.2) is 43.5 Å². The van der Waals surface area contributed by atoms with Gasteiger partial charge < -0.3 is 4.74 Å². The molecule has 2 atom stereocenters. The molecule has 100 valence electrons. The first-order valence-corrected chi connectivity index (χ1v) is 6.94. The van der Waals surface area contributed by atoms with Gasteiger partial charge in [-0.25, -0.2) is 0 Å². The Morgan fingerprint density at radius 3 is 2.82 bits per heavy atom. The molecule has 0 bridgehead atoms. The van der Waals surface area contributed by atoms with Crippen molar-refractivity contribution in [3.63, 3.8) is 0 Å². The molecule has 3 heteroatoms. The first-order valence-electron chi connectivity index (χ1n) is 6.94. The van der Waals surface area contributed by atoms with Gasteiger partial charge in [-0.1, -0.05) is 19.8 Å². The zero-order valence-corrected chi connectivity index (χ0v) is 11.6. The Balaban J connectivity index is 2.50. The van der Waals surface area contributed by atoms with Crippen LogP contribution in [0, 0.1) is 5.92 Å². The highest BCUT2D eigenvalue weighted by Crippen LogP contribution is 2.21. The van der Waals surface area contributed by atoms with Gasteiger partial charge >= 0.3 is 0 Å². The van der Waals surface area contributed by atoms with E-state index in [2.05, 4.69) is 18.7 Å². The number of methoxy groups -OCH3 is 1. The van der Waals surface area contributed by atoms with Crippen LogP contribution >= 0.6 is 0 Å². The van der Waals surface area contributed by atoms with Crippen LogP contribution in [0.3, 0.4) is 0 Å². The standard InChI is InChI=1S/C14H27NO2/c1-4-15(12(2)11-17-3)10-13-8-6-5-7-9-14(13)16/h12-13H,4-11H2,1-3H3. The minimum absolute atomic E-state index is 0.261. The highest BCUT2D eigenvalue weighted by molar-refractivity contribution is 5.81. The lowest BCUT2D eigenvalue weighted by Gasteiger charge is -2.30. The summed E-state index contributed by atoms with van der Waals surface area (Å²) in [6.45, 7) is 6.99. The largest absolute Gasteiger partial charge is 0.383 e. The second kappa shape index (κ2) is 7.83. The van der Waals surface area contributed by atoms with Gasteiger partial charge in [-0.3, -0.25) is 9.69 Å². The van der Waals surface area contributed by atoms with Gasteiger partial charge in [0.25, 0.3) is 0 Å². The molecular weight excluding hydrogens is 214 g/mol. The third-order valence-electron chi connectivity index (χ3n) is 3.82. The minimum atomic E-state index is 0.261. The molecule has 2 unspecified atom stereocenters. The van der Waals surface area contributed by atoms with Gasteiger partial charge in [-0.15, -0.1) is 0 Å². The molecule has 1 aliphatic rings. The fourth-order valence-electron chi connectivity index (χ4n) is 2.68. The van der Waals surface area contributed by atoms with Crippen LogP contribution in [0.5, 0.6) is 0 Å². The molecule has 0 N–H and O–H groups in total. The summed E-state index contributed by atoms with van der Waals surface area (Å²) in [5.74, 6) is 0.738. The van der Waals surface area contributed by atoms with E-state index >= 15 is 0 Å². The van der Waals surface area contributed by atoms with Crippen LogP contribution in [-0.2, 0) is 9.53 Å². The topological polar surface area (TPSA) is 29.5 Å². The smallest absolute Gasteiger partial charge is 0.137 e. The average molecular weight is 241 g/mol. The van der Waals surface area contributed by atoms with Gasteiger partial charge in [0.2, 0.25) is 0 Å². The predicted octanol–water partition coefficient (Wildman–Crippen LogP) is 2.49. The number of carbonyl (C=O) groups excluding carboxylic acids is 1. The molecule has 1 aliphatic carbocycles. The molecule has 1 rings (SSSR count). The lowest BCUT2D eigenvalue weighted by molar-refractivity contribution is -0.123. The Labute approximate surface area is 106 Å². The van der Waals surface area contributed by atoms with E-state index in [1.165, 1.54) is 12.8 Å². The van der Waals surface area contributed by atoms with Gasteiger partial charge in [-0.2, -0.15) is 0 Å². The lowest BCUT2D eigenvalue weighted by Crippen LogP contribution is -2.41.